The third-order valence-corrected chi connectivity index (χ3v) is 4.58. The summed E-state index contributed by atoms with van der Waals surface area (Å²) in [5.41, 5.74) is 1.20. The Morgan fingerprint density at radius 3 is 2.72 bits per heavy atom. The molecule has 0 bridgehead atoms. The summed E-state index contributed by atoms with van der Waals surface area (Å²) >= 11 is 0. The van der Waals surface area contributed by atoms with Crippen molar-refractivity contribution in [2.24, 2.45) is 4.99 Å². The van der Waals surface area contributed by atoms with Crippen LogP contribution in [0.3, 0.4) is 0 Å². The number of nitrogens with one attached hydrogen (secondary N) is 3. The molecule has 1 aliphatic carbocycles. The second-order valence-corrected chi connectivity index (χ2v) is 7.07. The maximum absolute atomic E-state index is 11.7. The molecule has 1 fully saturated rings. The molecular weight excluding hydrogens is 368 g/mol. The van der Waals surface area contributed by atoms with Crippen LogP contribution in [0.4, 0.5) is 0 Å². The Morgan fingerprint density at radius 1 is 1.24 bits per heavy atom. The van der Waals surface area contributed by atoms with Crippen LogP contribution in [0.2, 0.25) is 0 Å². The molecule has 0 unspecified atom stereocenters. The fraction of sp³-hybridized carbons (Fsp3) is 0.476. The standard InChI is InChI=1S/C21H30N6O2/c1-22-21(23-11-2-14-27-15-3-12-25-27)24-13-10-17-4-8-19(9-5-17)29-16-20(28)26-18-6-7-18/h3-5,8-9,12,15,18H,2,6-7,10-11,13-14,16H2,1H3,(H,26,28)(H2,22,23,24). The van der Waals surface area contributed by atoms with Crippen molar-refractivity contribution in [1.82, 2.24) is 25.7 Å². The normalized spacial score (nSPS) is 13.8. The van der Waals surface area contributed by atoms with Gasteiger partial charge in [0.15, 0.2) is 12.6 Å². The molecule has 1 saturated carbocycles. The molecule has 8 nitrogen and oxygen atoms in total. The Hall–Kier alpha value is -3.03. The van der Waals surface area contributed by atoms with Crippen molar-refractivity contribution in [3.05, 3.63) is 48.3 Å². The van der Waals surface area contributed by atoms with Crippen molar-refractivity contribution in [3.63, 3.8) is 0 Å². The van der Waals surface area contributed by atoms with E-state index in [4.69, 9.17) is 4.74 Å². The largest absolute Gasteiger partial charge is 0.484 e. The first kappa shape index (κ1) is 20.7. The van der Waals surface area contributed by atoms with Crippen LogP contribution < -0.4 is 20.7 Å². The molecule has 0 radical (unpaired) electrons. The maximum atomic E-state index is 11.7. The summed E-state index contributed by atoms with van der Waals surface area (Å²) in [6.07, 6.45) is 7.77. The van der Waals surface area contributed by atoms with Gasteiger partial charge in [-0.05, 0) is 49.4 Å². The van der Waals surface area contributed by atoms with Gasteiger partial charge in [0, 0.05) is 45.1 Å². The van der Waals surface area contributed by atoms with Crippen molar-refractivity contribution >= 4 is 11.9 Å². The second-order valence-electron chi connectivity index (χ2n) is 7.07. The number of ether oxygens (including phenoxy) is 1. The maximum Gasteiger partial charge on any atom is 0.258 e. The van der Waals surface area contributed by atoms with E-state index in [1.54, 1.807) is 13.2 Å². The number of benzene rings is 1. The van der Waals surface area contributed by atoms with Crippen molar-refractivity contribution < 1.29 is 9.53 Å². The number of guanidine groups is 1. The predicted octanol–water partition coefficient (Wildman–Crippen LogP) is 1.34. The number of carbonyl (C=O) groups is 1. The number of aryl methyl sites for hydroxylation is 1. The molecule has 1 heterocycles. The Labute approximate surface area is 171 Å². The molecule has 1 aromatic carbocycles. The highest BCUT2D eigenvalue weighted by atomic mass is 16.5. The lowest BCUT2D eigenvalue weighted by molar-refractivity contribution is -0.123. The highest BCUT2D eigenvalue weighted by Gasteiger charge is 2.23. The molecule has 156 valence electrons. The van der Waals surface area contributed by atoms with Crippen LogP contribution in [0.15, 0.2) is 47.7 Å². The van der Waals surface area contributed by atoms with Gasteiger partial charge in [-0.3, -0.25) is 14.5 Å². The predicted molar refractivity (Wildman–Crippen MR) is 113 cm³/mol. The van der Waals surface area contributed by atoms with Crippen molar-refractivity contribution in [3.8, 4) is 5.75 Å². The van der Waals surface area contributed by atoms with Crippen LogP contribution >= 0.6 is 0 Å². The molecule has 1 aromatic heterocycles. The van der Waals surface area contributed by atoms with E-state index in [1.165, 1.54) is 5.56 Å². The molecule has 1 amide bonds. The van der Waals surface area contributed by atoms with Gasteiger partial charge in [-0.25, -0.2) is 0 Å². The van der Waals surface area contributed by atoms with E-state index in [1.807, 2.05) is 41.2 Å². The number of hydrogen-bond donors (Lipinski definition) is 3. The SMILES string of the molecule is CN=C(NCCCn1cccn1)NCCc1ccc(OCC(=O)NC2CC2)cc1. The van der Waals surface area contributed by atoms with Gasteiger partial charge in [0.2, 0.25) is 0 Å². The van der Waals surface area contributed by atoms with Gasteiger partial charge in [0.05, 0.1) is 0 Å². The number of aliphatic imine (C=N–C) groups is 1. The minimum absolute atomic E-state index is 0.0516. The highest BCUT2D eigenvalue weighted by Crippen LogP contribution is 2.18. The molecule has 0 spiro atoms. The van der Waals surface area contributed by atoms with Gasteiger partial charge < -0.3 is 20.7 Å². The van der Waals surface area contributed by atoms with Crippen LogP contribution in [-0.4, -0.2) is 54.4 Å². The number of amides is 1. The monoisotopic (exact) mass is 398 g/mol. The first-order valence-corrected chi connectivity index (χ1v) is 10.2. The number of hydrogen-bond acceptors (Lipinski definition) is 4. The highest BCUT2D eigenvalue weighted by molar-refractivity contribution is 5.79. The van der Waals surface area contributed by atoms with Crippen LogP contribution in [0, 0.1) is 0 Å². The minimum atomic E-state index is -0.0516. The summed E-state index contributed by atoms with van der Waals surface area (Å²) < 4.78 is 7.45. The van der Waals surface area contributed by atoms with Gasteiger partial charge in [0.1, 0.15) is 5.75 Å². The molecule has 0 saturated heterocycles. The van der Waals surface area contributed by atoms with Gasteiger partial charge in [-0.2, -0.15) is 5.10 Å². The third kappa shape index (κ3) is 7.85. The lowest BCUT2D eigenvalue weighted by Crippen LogP contribution is -2.39. The zero-order valence-corrected chi connectivity index (χ0v) is 16.9. The van der Waals surface area contributed by atoms with E-state index >= 15 is 0 Å². The van der Waals surface area contributed by atoms with Crippen molar-refractivity contribution in [2.75, 3.05) is 26.7 Å². The van der Waals surface area contributed by atoms with E-state index in [9.17, 15) is 4.79 Å². The van der Waals surface area contributed by atoms with Gasteiger partial charge in [0.25, 0.3) is 5.91 Å². The van der Waals surface area contributed by atoms with E-state index in [0.717, 1.165) is 51.3 Å². The summed E-state index contributed by atoms with van der Waals surface area (Å²) in [6, 6.07) is 10.2. The number of rotatable bonds is 11. The summed E-state index contributed by atoms with van der Waals surface area (Å²) in [6.45, 7) is 2.57. The third-order valence-electron chi connectivity index (χ3n) is 4.58. The fourth-order valence-electron chi connectivity index (χ4n) is 2.82. The summed E-state index contributed by atoms with van der Waals surface area (Å²) in [5.74, 6) is 1.46. The average Bonchev–Trinajstić information content (AvgIpc) is 3.39. The van der Waals surface area contributed by atoms with E-state index in [-0.39, 0.29) is 12.5 Å². The van der Waals surface area contributed by atoms with Crippen molar-refractivity contribution in [2.45, 2.75) is 38.3 Å². The molecule has 2 aromatic rings. The van der Waals surface area contributed by atoms with E-state index in [0.29, 0.717) is 11.8 Å². The summed E-state index contributed by atoms with van der Waals surface area (Å²) in [5, 5.41) is 13.7. The molecule has 0 atom stereocenters. The molecule has 1 aliphatic rings. The van der Waals surface area contributed by atoms with Crippen LogP contribution in [-0.2, 0) is 17.8 Å². The Bertz CT molecular complexity index is 769. The Balaban J connectivity index is 1.28. The van der Waals surface area contributed by atoms with Crippen LogP contribution in [0.25, 0.3) is 0 Å². The second kappa shape index (κ2) is 11.1. The smallest absolute Gasteiger partial charge is 0.258 e. The van der Waals surface area contributed by atoms with E-state index < -0.39 is 0 Å². The van der Waals surface area contributed by atoms with E-state index in [2.05, 4.69) is 26.0 Å². The molecule has 3 rings (SSSR count). The number of aromatic nitrogens is 2. The molecule has 8 heteroatoms. The fourth-order valence-corrected chi connectivity index (χ4v) is 2.82. The quantitative estimate of drug-likeness (QED) is 0.302. The molecule has 29 heavy (non-hydrogen) atoms. The zero-order valence-electron chi connectivity index (χ0n) is 16.9. The average molecular weight is 399 g/mol. The molecule has 3 N–H and O–H groups in total. The van der Waals surface area contributed by atoms with Gasteiger partial charge >= 0.3 is 0 Å². The Kier molecular flexibility index (Phi) is 7.91. The lowest BCUT2D eigenvalue weighted by Gasteiger charge is -2.12. The summed E-state index contributed by atoms with van der Waals surface area (Å²) in [7, 11) is 1.77. The first-order chi connectivity index (χ1) is 14.2. The number of nitrogens with zero attached hydrogens (tertiary/aromatic N) is 3. The van der Waals surface area contributed by atoms with Crippen LogP contribution in [0.1, 0.15) is 24.8 Å². The minimum Gasteiger partial charge on any atom is -0.484 e. The number of carbonyl (C=O) groups excluding carboxylic acids is 1. The first-order valence-electron chi connectivity index (χ1n) is 10.2. The van der Waals surface area contributed by atoms with Crippen LogP contribution in [0.5, 0.6) is 5.75 Å². The molecular formula is C21H30N6O2. The zero-order chi connectivity index (χ0) is 20.3. The van der Waals surface area contributed by atoms with Gasteiger partial charge in [-0.15, -0.1) is 0 Å². The summed E-state index contributed by atoms with van der Waals surface area (Å²) in [4.78, 5) is 15.9. The molecule has 0 aliphatic heterocycles. The van der Waals surface area contributed by atoms with Gasteiger partial charge in [-0.1, -0.05) is 12.1 Å². The lowest BCUT2D eigenvalue weighted by atomic mass is 10.1. The Morgan fingerprint density at radius 2 is 2.03 bits per heavy atom. The topological polar surface area (TPSA) is 92.6 Å². The van der Waals surface area contributed by atoms with Crippen molar-refractivity contribution in [1.29, 1.82) is 0 Å².